The van der Waals surface area contributed by atoms with E-state index in [0.717, 1.165) is 5.56 Å². The lowest BCUT2D eigenvalue weighted by molar-refractivity contribution is -0.141. The van der Waals surface area contributed by atoms with E-state index in [9.17, 15) is 9.59 Å². The molecule has 1 amide bonds. The highest BCUT2D eigenvalue weighted by atomic mass is 16.4. The molecule has 1 aromatic rings. The summed E-state index contributed by atoms with van der Waals surface area (Å²) in [5, 5.41) is 8.92. The minimum atomic E-state index is -0.838. The summed E-state index contributed by atoms with van der Waals surface area (Å²) >= 11 is 0. The molecule has 1 saturated heterocycles. The molecular formula is C13H16N2O3. The second-order valence-corrected chi connectivity index (χ2v) is 4.59. The molecule has 2 rings (SSSR count). The quantitative estimate of drug-likeness (QED) is 0.768. The summed E-state index contributed by atoms with van der Waals surface area (Å²) in [6.07, 6.45) is 0.516. The number of carbonyl (C=O) groups is 2. The summed E-state index contributed by atoms with van der Waals surface area (Å²) in [5.74, 6) is -1.42. The first kappa shape index (κ1) is 12.4. The number of rotatable bonds is 2. The number of hydrogen-bond acceptors (Lipinski definition) is 3. The summed E-state index contributed by atoms with van der Waals surface area (Å²) in [6.45, 7) is 2.57. The Bertz CT molecular complexity index is 499. The largest absolute Gasteiger partial charge is 0.481 e. The third-order valence-electron chi connectivity index (χ3n) is 3.43. The normalized spacial score (nSPS) is 18.9. The Morgan fingerprint density at radius 3 is 2.78 bits per heavy atom. The maximum absolute atomic E-state index is 12.3. The van der Waals surface area contributed by atoms with Gasteiger partial charge in [-0.25, -0.2) is 0 Å². The standard InChI is InChI=1S/C13H16N2O3/c1-8-10(3-2-4-11(8)14)12(16)15-6-5-9(7-15)13(17)18/h2-4,9H,5-7,14H2,1H3,(H,17,18). The zero-order chi connectivity index (χ0) is 13.3. The Hall–Kier alpha value is -2.04. The zero-order valence-electron chi connectivity index (χ0n) is 10.2. The first-order chi connectivity index (χ1) is 8.50. The third-order valence-corrected chi connectivity index (χ3v) is 3.43. The minimum Gasteiger partial charge on any atom is -0.481 e. The van der Waals surface area contributed by atoms with E-state index >= 15 is 0 Å². The highest BCUT2D eigenvalue weighted by Gasteiger charge is 2.31. The van der Waals surface area contributed by atoms with Gasteiger partial charge in [-0.05, 0) is 31.0 Å². The van der Waals surface area contributed by atoms with Crippen LogP contribution in [0.3, 0.4) is 0 Å². The summed E-state index contributed by atoms with van der Waals surface area (Å²) in [7, 11) is 0. The SMILES string of the molecule is Cc1c(N)cccc1C(=O)N1CCC(C(=O)O)C1. The molecule has 96 valence electrons. The van der Waals surface area contributed by atoms with Gasteiger partial charge in [0.15, 0.2) is 0 Å². The van der Waals surface area contributed by atoms with Gasteiger partial charge in [-0.15, -0.1) is 0 Å². The number of nitrogens with two attached hydrogens (primary N) is 1. The average molecular weight is 248 g/mol. The van der Waals surface area contributed by atoms with Gasteiger partial charge in [0.2, 0.25) is 0 Å². The van der Waals surface area contributed by atoms with Gasteiger partial charge in [0.25, 0.3) is 5.91 Å². The highest BCUT2D eigenvalue weighted by Crippen LogP contribution is 2.22. The Morgan fingerprint density at radius 1 is 1.44 bits per heavy atom. The van der Waals surface area contributed by atoms with Crippen molar-refractivity contribution in [3.63, 3.8) is 0 Å². The number of nitrogens with zero attached hydrogens (tertiary/aromatic N) is 1. The molecule has 1 aromatic carbocycles. The Morgan fingerprint density at radius 2 is 2.17 bits per heavy atom. The number of nitrogen functional groups attached to an aromatic ring is 1. The van der Waals surface area contributed by atoms with Crippen LogP contribution in [0.4, 0.5) is 5.69 Å². The maximum Gasteiger partial charge on any atom is 0.308 e. The number of likely N-dealkylation sites (tertiary alicyclic amines) is 1. The first-order valence-electron chi connectivity index (χ1n) is 5.88. The van der Waals surface area contributed by atoms with Gasteiger partial charge in [0, 0.05) is 24.3 Å². The molecule has 1 unspecified atom stereocenters. The van der Waals surface area contributed by atoms with Gasteiger partial charge in [-0.2, -0.15) is 0 Å². The summed E-state index contributed by atoms with van der Waals surface area (Å²) in [5.41, 5.74) is 7.65. The molecule has 0 aromatic heterocycles. The molecule has 5 heteroatoms. The van der Waals surface area contributed by atoms with Crippen molar-refractivity contribution in [2.75, 3.05) is 18.8 Å². The molecule has 0 bridgehead atoms. The van der Waals surface area contributed by atoms with E-state index in [1.165, 1.54) is 0 Å². The van der Waals surface area contributed by atoms with Crippen LogP contribution in [0.5, 0.6) is 0 Å². The fraction of sp³-hybridized carbons (Fsp3) is 0.385. The van der Waals surface area contributed by atoms with Crippen molar-refractivity contribution in [1.82, 2.24) is 4.90 Å². The summed E-state index contributed by atoms with van der Waals surface area (Å²) in [6, 6.07) is 5.21. The number of anilines is 1. The Kier molecular flexibility index (Phi) is 3.23. The second kappa shape index (κ2) is 4.68. The minimum absolute atomic E-state index is 0.136. The summed E-state index contributed by atoms with van der Waals surface area (Å²) < 4.78 is 0. The topological polar surface area (TPSA) is 83.6 Å². The zero-order valence-corrected chi connectivity index (χ0v) is 10.2. The van der Waals surface area contributed by atoms with Crippen molar-refractivity contribution >= 4 is 17.6 Å². The van der Waals surface area contributed by atoms with Crippen LogP contribution >= 0.6 is 0 Å². The van der Waals surface area contributed by atoms with Crippen molar-refractivity contribution in [1.29, 1.82) is 0 Å². The van der Waals surface area contributed by atoms with Crippen LogP contribution < -0.4 is 5.73 Å². The van der Waals surface area contributed by atoms with Crippen LogP contribution in [-0.2, 0) is 4.79 Å². The van der Waals surface area contributed by atoms with Crippen LogP contribution in [0, 0.1) is 12.8 Å². The molecule has 1 aliphatic heterocycles. The lowest BCUT2D eigenvalue weighted by Gasteiger charge is -2.17. The van der Waals surface area contributed by atoms with Gasteiger partial charge in [0.1, 0.15) is 0 Å². The van der Waals surface area contributed by atoms with Crippen molar-refractivity contribution in [3.05, 3.63) is 29.3 Å². The number of benzene rings is 1. The fourth-order valence-electron chi connectivity index (χ4n) is 2.20. The second-order valence-electron chi connectivity index (χ2n) is 4.59. The Labute approximate surface area is 105 Å². The number of amides is 1. The number of hydrogen-bond donors (Lipinski definition) is 2. The lowest BCUT2D eigenvalue weighted by Crippen LogP contribution is -2.30. The predicted molar refractivity (Wildman–Crippen MR) is 67.2 cm³/mol. The van der Waals surface area contributed by atoms with Crippen molar-refractivity contribution in [2.24, 2.45) is 5.92 Å². The summed E-state index contributed by atoms with van der Waals surface area (Å²) in [4.78, 5) is 24.7. The molecule has 1 heterocycles. The molecule has 18 heavy (non-hydrogen) atoms. The van der Waals surface area contributed by atoms with Gasteiger partial charge in [0.05, 0.1) is 5.92 Å². The molecule has 0 radical (unpaired) electrons. The molecule has 3 N–H and O–H groups in total. The van der Waals surface area contributed by atoms with Crippen LogP contribution in [0.15, 0.2) is 18.2 Å². The van der Waals surface area contributed by atoms with Gasteiger partial charge in [-0.1, -0.05) is 6.07 Å². The van der Waals surface area contributed by atoms with Gasteiger partial charge >= 0.3 is 5.97 Å². The lowest BCUT2D eigenvalue weighted by atomic mass is 10.1. The Balaban J connectivity index is 2.18. The predicted octanol–water partition coefficient (Wildman–Crippen LogP) is 1.12. The van der Waals surface area contributed by atoms with Crippen molar-refractivity contribution in [2.45, 2.75) is 13.3 Å². The number of carboxylic acids is 1. The van der Waals surface area contributed by atoms with Gasteiger partial charge in [-0.3, -0.25) is 9.59 Å². The number of aliphatic carboxylic acids is 1. The molecule has 1 atom stereocenters. The average Bonchev–Trinajstić information content (AvgIpc) is 2.81. The van der Waals surface area contributed by atoms with E-state index in [4.69, 9.17) is 10.8 Å². The number of carbonyl (C=O) groups excluding carboxylic acids is 1. The van der Waals surface area contributed by atoms with E-state index in [0.29, 0.717) is 24.2 Å². The molecule has 5 nitrogen and oxygen atoms in total. The van der Waals surface area contributed by atoms with E-state index in [2.05, 4.69) is 0 Å². The molecule has 0 aliphatic carbocycles. The number of carboxylic acid groups (broad SMARTS) is 1. The van der Waals surface area contributed by atoms with Crippen molar-refractivity contribution < 1.29 is 14.7 Å². The van der Waals surface area contributed by atoms with Gasteiger partial charge < -0.3 is 15.7 Å². The molecule has 0 spiro atoms. The highest BCUT2D eigenvalue weighted by molar-refractivity contribution is 5.97. The molecule has 1 aliphatic rings. The van der Waals surface area contributed by atoms with E-state index in [-0.39, 0.29) is 12.5 Å². The van der Waals surface area contributed by atoms with E-state index < -0.39 is 11.9 Å². The molecular weight excluding hydrogens is 232 g/mol. The molecule has 0 saturated carbocycles. The fourth-order valence-corrected chi connectivity index (χ4v) is 2.20. The van der Waals surface area contributed by atoms with E-state index in [1.54, 1.807) is 30.0 Å². The monoisotopic (exact) mass is 248 g/mol. The first-order valence-corrected chi connectivity index (χ1v) is 5.88. The smallest absolute Gasteiger partial charge is 0.308 e. The van der Waals surface area contributed by atoms with Crippen LogP contribution in [0.1, 0.15) is 22.3 Å². The van der Waals surface area contributed by atoms with Crippen LogP contribution in [-0.4, -0.2) is 35.0 Å². The van der Waals surface area contributed by atoms with Crippen LogP contribution in [0.25, 0.3) is 0 Å². The maximum atomic E-state index is 12.3. The molecule has 1 fully saturated rings. The van der Waals surface area contributed by atoms with E-state index in [1.807, 2.05) is 0 Å². The van der Waals surface area contributed by atoms with Crippen LogP contribution in [0.2, 0.25) is 0 Å². The third kappa shape index (κ3) is 2.16. The van der Waals surface area contributed by atoms with Crippen molar-refractivity contribution in [3.8, 4) is 0 Å².